The lowest BCUT2D eigenvalue weighted by molar-refractivity contribution is 0.414. The Hall–Kier alpha value is -1.16. The van der Waals surface area contributed by atoms with E-state index in [1.165, 1.54) is 5.56 Å². The summed E-state index contributed by atoms with van der Waals surface area (Å²) in [4.78, 5) is 4.53. The molecule has 3 nitrogen and oxygen atoms in total. The predicted molar refractivity (Wildman–Crippen MR) is 78.4 cm³/mol. The molecule has 0 aromatic heterocycles. The van der Waals surface area contributed by atoms with Crippen LogP contribution in [0.3, 0.4) is 0 Å². The molecule has 0 fully saturated rings. The van der Waals surface area contributed by atoms with Gasteiger partial charge in [0.15, 0.2) is 5.17 Å². The van der Waals surface area contributed by atoms with Crippen molar-refractivity contribution in [2.75, 3.05) is 13.7 Å². The van der Waals surface area contributed by atoms with Gasteiger partial charge in [0.1, 0.15) is 5.75 Å². The van der Waals surface area contributed by atoms with Gasteiger partial charge in [0.25, 0.3) is 0 Å². The number of thioether (sulfide) groups is 1. The van der Waals surface area contributed by atoms with Crippen molar-refractivity contribution >= 4 is 16.9 Å². The third-order valence-electron chi connectivity index (χ3n) is 3.00. The van der Waals surface area contributed by atoms with E-state index in [-0.39, 0.29) is 0 Å². The lowest BCUT2D eigenvalue weighted by Crippen LogP contribution is -2.20. The van der Waals surface area contributed by atoms with E-state index in [0.29, 0.717) is 11.2 Å². The summed E-state index contributed by atoms with van der Waals surface area (Å²) in [6, 6.07) is 8.11. The van der Waals surface area contributed by atoms with Crippen LogP contribution in [0, 0.1) is 5.92 Å². The van der Waals surface area contributed by atoms with Crippen LogP contribution < -0.4 is 10.1 Å². The fourth-order valence-corrected chi connectivity index (χ4v) is 2.81. The summed E-state index contributed by atoms with van der Waals surface area (Å²) < 4.78 is 5.21. The largest absolute Gasteiger partial charge is 0.497 e. The van der Waals surface area contributed by atoms with Gasteiger partial charge in [0, 0.05) is 11.8 Å². The van der Waals surface area contributed by atoms with Gasteiger partial charge in [0.05, 0.1) is 13.7 Å². The normalized spacial score (nSPS) is 18.9. The van der Waals surface area contributed by atoms with Crippen LogP contribution in [0.5, 0.6) is 5.75 Å². The van der Waals surface area contributed by atoms with Gasteiger partial charge in [-0.2, -0.15) is 0 Å². The molecular weight excluding hydrogens is 244 g/mol. The lowest BCUT2D eigenvalue weighted by atomic mass is 10.1. The van der Waals surface area contributed by atoms with Gasteiger partial charge in [-0.15, -0.1) is 0 Å². The van der Waals surface area contributed by atoms with Gasteiger partial charge in [-0.1, -0.05) is 37.7 Å². The molecule has 18 heavy (non-hydrogen) atoms. The molecule has 4 heteroatoms. The SMILES string of the molecule is COc1cccc(CNC2=NCC(C(C)C)S2)c1. The molecule has 1 N–H and O–H groups in total. The van der Waals surface area contributed by atoms with Crippen LogP contribution in [0.4, 0.5) is 0 Å². The number of nitrogens with one attached hydrogen (secondary N) is 1. The number of hydrogen-bond donors (Lipinski definition) is 1. The molecule has 1 aromatic rings. The van der Waals surface area contributed by atoms with Gasteiger partial charge < -0.3 is 10.1 Å². The van der Waals surface area contributed by atoms with Gasteiger partial charge in [0.2, 0.25) is 0 Å². The second kappa shape index (κ2) is 6.14. The Morgan fingerprint density at radius 1 is 1.50 bits per heavy atom. The van der Waals surface area contributed by atoms with Gasteiger partial charge in [-0.05, 0) is 23.6 Å². The monoisotopic (exact) mass is 264 g/mol. The summed E-state index contributed by atoms with van der Waals surface area (Å²) in [5.41, 5.74) is 1.21. The van der Waals surface area contributed by atoms with Crippen molar-refractivity contribution in [3.8, 4) is 5.75 Å². The first kappa shape index (κ1) is 13.3. The molecule has 2 rings (SSSR count). The average molecular weight is 264 g/mol. The molecule has 0 radical (unpaired) electrons. The second-order valence-electron chi connectivity index (χ2n) is 4.75. The molecule has 1 aliphatic heterocycles. The molecule has 0 spiro atoms. The van der Waals surface area contributed by atoms with E-state index >= 15 is 0 Å². The number of aliphatic imine (C=N–C) groups is 1. The Balaban J connectivity index is 1.85. The fourth-order valence-electron chi connectivity index (χ4n) is 1.80. The van der Waals surface area contributed by atoms with Crippen molar-refractivity contribution in [1.82, 2.24) is 5.32 Å². The zero-order chi connectivity index (χ0) is 13.0. The van der Waals surface area contributed by atoms with E-state index < -0.39 is 0 Å². The van der Waals surface area contributed by atoms with Crippen molar-refractivity contribution in [3.05, 3.63) is 29.8 Å². The summed E-state index contributed by atoms with van der Waals surface area (Å²) in [6.07, 6.45) is 0. The highest BCUT2D eigenvalue weighted by atomic mass is 32.2. The van der Waals surface area contributed by atoms with E-state index in [1.807, 2.05) is 30.0 Å². The van der Waals surface area contributed by atoms with E-state index in [4.69, 9.17) is 4.74 Å². The Bertz CT molecular complexity index is 432. The maximum absolute atomic E-state index is 5.21. The number of nitrogens with zero attached hydrogens (tertiary/aromatic N) is 1. The Morgan fingerprint density at radius 2 is 2.33 bits per heavy atom. The summed E-state index contributed by atoms with van der Waals surface area (Å²) >= 11 is 1.86. The minimum Gasteiger partial charge on any atom is -0.497 e. The van der Waals surface area contributed by atoms with Crippen molar-refractivity contribution < 1.29 is 4.74 Å². The third kappa shape index (κ3) is 3.42. The maximum atomic E-state index is 5.21. The quantitative estimate of drug-likeness (QED) is 0.908. The number of methoxy groups -OCH3 is 1. The van der Waals surface area contributed by atoms with Gasteiger partial charge >= 0.3 is 0 Å². The smallest absolute Gasteiger partial charge is 0.157 e. The van der Waals surface area contributed by atoms with Crippen LogP contribution in [0.25, 0.3) is 0 Å². The number of hydrogen-bond acceptors (Lipinski definition) is 4. The van der Waals surface area contributed by atoms with Gasteiger partial charge in [-0.3, -0.25) is 4.99 Å². The molecule has 98 valence electrons. The summed E-state index contributed by atoms with van der Waals surface area (Å²) in [7, 11) is 1.69. The molecule has 0 saturated heterocycles. The molecule has 0 bridgehead atoms. The first-order valence-electron chi connectivity index (χ1n) is 6.27. The average Bonchev–Trinajstić information content (AvgIpc) is 2.85. The zero-order valence-electron chi connectivity index (χ0n) is 11.1. The van der Waals surface area contributed by atoms with Crippen LogP contribution in [0.2, 0.25) is 0 Å². The van der Waals surface area contributed by atoms with Crippen molar-refractivity contribution in [3.63, 3.8) is 0 Å². The van der Waals surface area contributed by atoms with Crippen molar-refractivity contribution in [2.45, 2.75) is 25.6 Å². The number of amidine groups is 1. The lowest BCUT2D eigenvalue weighted by Gasteiger charge is -2.12. The molecule has 1 aromatic carbocycles. The molecule has 0 amide bonds. The second-order valence-corrected chi connectivity index (χ2v) is 5.98. The van der Waals surface area contributed by atoms with Crippen LogP contribution in [-0.4, -0.2) is 24.1 Å². The zero-order valence-corrected chi connectivity index (χ0v) is 12.0. The first-order chi connectivity index (χ1) is 8.69. The maximum Gasteiger partial charge on any atom is 0.157 e. The Labute approximate surface area is 113 Å². The molecule has 0 saturated carbocycles. The van der Waals surface area contributed by atoms with E-state index in [0.717, 1.165) is 24.0 Å². The fraction of sp³-hybridized carbons (Fsp3) is 0.500. The van der Waals surface area contributed by atoms with Crippen LogP contribution in [0.1, 0.15) is 19.4 Å². The third-order valence-corrected chi connectivity index (χ3v) is 4.49. The highest BCUT2D eigenvalue weighted by Gasteiger charge is 2.22. The van der Waals surface area contributed by atoms with Crippen LogP contribution >= 0.6 is 11.8 Å². The van der Waals surface area contributed by atoms with Crippen molar-refractivity contribution in [1.29, 1.82) is 0 Å². The molecular formula is C14H20N2OS. The molecule has 1 heterocycles. The van der Waals surface area contributed by atoms with E-state index in [1.54, 1.807) is 7.11 Å². The highest BCUT2D eigenvalue weighted by Crippen LogP contribution is 2.26. The van der Waals surface area contributed by atoms with Crippen LogP contribution in [0.15, 0.2) is 29.3 Å². The summed E-state index contributed by atoms with van der Waals surface area (Å²) in [5.74, 6) is 1.57. The van der Waals surface area contributed by atoms with Crippen LogP contribution in [-0.2, 0) is 6.54 Å². The number of ether oxygens (including phenoxy) is 1. The van der Waals surface area contributed by atoms with Gasteiger partial charge in [-0.25, -0.2) is 0 Å². The highest BCUT2D eigenvalue weighted by molar-refractivity contribution is 8.14. The topological polar surface area (TPSA) is 33.6 Å². The van der Waals surface area contributed by atoms with Crippen molar-refractivity contribution in [2.24, 2.45) is 10.9 Å². The molecule has 0 aliphatic carbocycles. The Morgan fingerprint density at radius 3 is 3.00 bits per heavy atom. The Kier molecular flexibility index (Phi) is 4.53. The number of rotatable bonds is 4. The minimum absolute atomic E-state index is 0.623. The first-order valence-corrected chi connectivity index (χ1v) is 7.15. The summed E-state index contributed by atoms with van der Waals surface area (Å²) in [5, 5.41) is 5.08. The molecule has 1 atom stereocenters. The number of benzene rings is 1. The predicted octanol–water partition coefficient (Wildman–Crippen LogP) is 2.91. The molecule has 1 aliphatic rings. The summed E-state index contributed by atoms with van der Waals surface area (Å²) in [6.45, 7) is 6.23. The molecule has 1 unspecified atom stereocenters. The minimum atomic E-state index is 0.623. The standard InChI is InChI=1S/C14H20N2OS/c1-10(2)13-9-16-14(18-13)15-8-11-5-4-6-12(7-11)17-3/h4-7,10,13H,8-9H2,1-3H3,(H,15,16). The van der Waals surface area contributed by atoms with E-state index in [9.17, 15) is 0 Å². The van der Waals surface area contributed by atoms with E-state index in [2.05, 4.69) is 30.2 Å².